The first-order valence-corrected chi connectivity index (χ1v) is 6.75. The van der Waals surface area contributed by atoms with Crippen LogP contribution in [0.15, 0.2) is 30.6 Å². The number of hydrogen-bond donors (Lipinski definition) is 1. The van der Waals surface area contributed by atoms with Gasteiger partial charge in [-0.1, -0.05) is 29.8 Å². The van der Waals surface area contributed by atoms with Gasteiger partial charge in [-0.25, -0.2) is 9.67 Å². The Kier molecular flexibility index (Phi) is 4.56. The molecule has 0 saturated carbocycles. The highest BCUT2D eigenvalue weighted by Gasteiger charge is 2.18. The molecule has 0 aliphatic carbocycles. The number of aliphatic hydroxyl groups excluding tert-OH is 1. The van der Waals surface area contributed by atoms with Gasteiger partial charge in [0.25, 0.3) is 0 Å². The molecule has 0 spiro atoms. The first-order chi connectivity index (χ1) is 9.13. The highest BCUT2D eigenvalue weighted by molar-refractivity contribution is 6.31. The van der Waals surface area contributed by atoms with Crippen LogP contribution in [0.5, 0.6) is 0 Å². The fourth-order valence-electron chi connectivity index (χ4n) is 2.15. The van der Waals surface area contributed by atoms with E-state index in [1.165, 1.54) is 0 Å². The first-order valence-electron chi connectivity index (χ1n) is 6.37. The minimum absolute atomic E-state index is 0.0364. The van der Waals surface area contributed by atoms with Gasteiger partial charge in [0.1, 0.15) is 12.2 Å². The number of nitrogens with zero attached hydrogens (tertiary/aromatic N) is 3. The molecule has 5 heteroatoms. The van der Waals surface area contributed by atoms with Crippen LogP contribution < -0.4 is 0 Å². The Morgan fingerprint density at radius 1 is 1.32 bits per heavy atom. The molecule has 4 nitrogen and oxygen atoms in total. The second kappa shape index (κ2) is 6.17. The Bertz CT molecular complexity index is 539. The number of benzene rings is 1. The largest absolute Gasteiger partial charge is 0.396 e. The van der Waals surface area contributed by atoms with Crippen LogP contribution in [0.2, 0.25) is 5.02 Å². The lowest BCUT2D eigenvalue weighted by Gasteiger charge is -2.17. The smallest absolute Gasteiger partial charge is 0.138 e. The molecule has 2 rings (SSSR count). The van der Waals surface area contributed by atoms with Crippen molar-refractivity contribution in [3.8, 4) is 0 Å². The molecule has 102 valence electrons. The molecule has 1 N–H and O–H groups in total. The Morgan fingerprint density at radius 3 is 2.68 bits per heavy atom. The molecule has 0 fully saturated rings. The third kappa shape index (κ3) is 3.14. The minimum atomic E-state index is -0.0598. The molecule has 0 amide bonds. The summed E-state index contributed by atoms with van der Waals surface area (Å²) < 4.78 is 1.87. The molecule has 1 aromatic carbocycles. The number of aromatic nitrogens is 3. The quantitative estimate of drug-likeness (QED) is 0.916. The lowest BCUT2D eigenvalue weighted by molar-refractivity contribution is 0.261. The standard InChI is InChI=1S/C14H18ClN3O/c1-10(2)18-14(16-9-17-18)7-11(8-19)12-5-3-4-6-13(12)15/h3-6,9-11,19H,7-8H2,1-2H3. The van der Waals surface area contributed by atoms with E-state index in [1.54, 1.807) is 6.33 Å². The zero-order chi connectivity index (χ0) is 13.8. The van der Waals surface area contributed by atoms with Crippen LogP contribution in [0, 0.1) is 0 Å². The monoisotopic (exact) mass is 279 g/mol. The van der Waals surface area contributed by atoms with E-state index >= 15 is 0 Å². The van der Waals surface area contributed by atoms with Gasteiger partial charge >= 0.3 is 0 Å². The van der Waals surface area contributed by atoms with Crippen LogP contribution in [0.3, 0.4) is 0 Å². The van der Waals surface area contributed by atoms with Crippen molar-refractivity contribution in [3.63, 3.8) is 0 Å². The Morgan fingerprint density at radius 2 is 2.05 bits per heavy atom. The Balaban J connectivity index is 2.25. The van der Waals surface area contributed by atoms with E-state index in [2.05, 4.69) is 23.9 Å². The molecule has 0 aliphatic heterocycles. The van der Waals surface area contributed by atoms with Crippen LogP contribution in [0.25, 0.3) is 0 Å². The summed E-state index contributed by atoms with van der Waals surface area (Å²) in [5.74, 6) is 0.810. The van der Waals surface area contributed by atoms with Crippen molar-refractivity contribution in [2.24, 2.45) is 0 Å². The van der Waals surface area contributed by atoms with Gasteiger partial charge < -0.3 is 5.11 Å². The van der Waals surface area contributed by atoms with E-state index in [0.717, 1.165) is 11.4 Å². The van der Waals surface area contributed by atoms with E-state index in [1.807, 2.05) is 28.9 Å². The molecular weight excluding hydrogens is 262 g/mol. The lowest BCUT2D eigenvalue weighted by atomic mass is 9.96. The van der Waals surface area contributed by atoms with Crippen molar-refractivity contribution in [1.82, 2.24) is 14.8 Å². The van der Waals surface area contributed by atoms with Crippen LogP contribution in [-0.4, -0.2) is 26.5 Å². The maximum atomic E-state index is 9.62. The average Bonchev–Trinajstić information content (AvgIpc) is 2.85. The number of halogens is 1. The molecule has 0 radical (unpaired) electrons. The topological polar surface area (TPSA) is 50.9 Å². The van der Waals surface area contributed by atoms with Gasteiger partial charge in [-0.2, -0.15) is 5.10 Å². The van der Waals surface area contributed by atoms with E-state index in [-0.39, 0.29) is 18.6 Å². The van der Waals surface area contributed by atoms with Gasteiger partial charge in [-0.3, -0.25) is 0 Å². The highest BCUT2D eigenvalue weighted by Crippen LogP contribution is 2.27. The molecule has 1 unspecified atom stereocenters. The van der Waals surface area contributed by atoms with Gasteiger partial charge in [-0.05, 0) is 25.5 Å². The predicted octanol–water partition coefficient (Wildman–Crippen LogP) is 2.83. The highest BCUT2D eigenvalue weighted by atomic mass is 35.5. The molecule has 0 aliphatic rings. The second-order valence-corrected chi connectivity index (χ2v) is 5.23. The third-order valence-corrected chi connectivity index (χ3v) is 3.48. The zero-order valence-corrected chi connectivity index (χ0v) is 11.9. The molecule has 1 aromatic heterocycles. The van der Waals surface area contributed by atoms with Crippen molar-refractivity contribution in [2.45, 2.75) is 32.2 Å². The van der Waals surface area contributed by atoms with Crippen LogP contribution >= 0.6 is 11.6 Å². The summed E-state index contributed by atoms with van der Waals surface area (Å²) in [6, 6.07) is 7.85. The van der Waals surface area contributed by atoms with Crippen molar-refractivity contribution in [3.05, 3.63) is 47.0 Å². The van der Waals surface area contributed by atoms with Crippen molar-refractivity contribution >= 4 is 11.6 Å². The second-order valence-electron chi connectivity index (χ2n) is 4.82. The fraction of sp³-hybridized carbons (Fsp3) is 0.429. The molecule has 19 heavy (non-hydrogen) atoms. The van der Waals surface area contributed by atoms with E-state index in [0.29, 0.717) is 11.4 Å². The van der Waals surface area contributed by atoms with Gasteiger partial charge in [0.05, 0.1) is 6.61 Å². The Labute approximate surface area is 118 Å². The van der Waals surface area contributed by atoms with Crippen LogP contribution in [-0.2, 0) is 6.42 Å². The van der Waals surface area contributed by atoms with E-state index < -0.39 is 0 Å². The van der Waals surface area contributed by atoms with E-state index in [4.69, 9.17) is 11.6 Å². The van der Waals surface area contributed by atoms with Gasteiger partial charge in [-0.15, -0.1) is 0 Å². The summed E-state index contributed by atoms with van der Waals surface area (Å²) in [6.07, 6.45) is 2.18. The number of aliphatic hydroxyl groups is 1. The summed E-state index contributed by atoms with van der Waals surface area (Å²) in [7, 11) is 0. The summed E-state index contributed by atoms with van der Waals surface area (Å²) in [5.41, 5.74) is 0.949. The van der Waals surface area contributed by atoms with Gasteiger partial charge in [0.2, 0.25) is 0 Å². The van der Waals surface area contributed by atoms with Gasteiger partial charge in [0, 0.05) is 23.4 Å². The minimum Gasteiger partial charge on any atom is -0.396 e. The predicted molar refractivity (Wildman–Crippen MR) is 75.4 cm³/mol. The average molecular weight is 280 g/mol. The maximum Gasteiger partial charge on any atom is 0.138 e. The van der Waals surface area contributed by atoms with Crippen molar-refractivity contribution in [1.29, 1.82) is 0 Å². The van der Waals surface area contributed by atoms with Gasteiger partial charge in [0.15, 0.2) is 0 Å². The molecule has 0 bridgehead atoms. The third-order valence-electron chi connectivity index (χ3n) is 3.13. The number of rotatable bonds is 5. The molecule has 0 saturated heterocycles. The molecule has 1 heterocycles. The Hall–Kier alpha value is -1.39. The summed E-state index contributed by atoms with van der Waals surface area (Å²) in [5, 5.41) is 14.5. The lowest BCUT2D eigenvalue weighted by Crippen LogP contribution is -2.15. The normalized spacial score (nSPS) is 12.9. The first kappa shape index (κ1) is 14.0. The van der Waals surface area contributed by atoms with Crippen molar-refractivity contribution in [2.75, 3.05) is 6.61 Å². The summed E-state index contributed by atoms with van der Waals surface area (Å²) in [6.45, 7) is 4.15. The maximum absolute atomic E-state index is 9.62. The molecule has 1 atom stereocenters. The van der Waals surface area contributed by atoms with Crippen LogP contribution in [0.1, 0.15) is 37.2 Å². The summed E-state index contributed by atoms with van der Waals surface area (Å²) >= 11 is 6.19. The van der Waals surface area contributed by atoms with Crippen molar-refractivity contribution < 1.29 is 5.11 Å². The zero-order valence-electron chi connectivity index (χ0n) is 11.1. The SMILES string of the molecule is CC(C)n1ncnc1CC(CO)c1ccccc1Cl. The number of hydrogen-bond acceptors (Lipinski definition) is 3. The fourth-order valence-corrected chi connectivity index (χ4v) is 2.44. The summed E-state index contributed by atoms with van der Waals surface area (Å²) in [4.78, 5) is 4.28. The van der Waals surface area contributed by atoms with E-state index in [9.17, 15) is 5.11 Å². The molecular formula is C14H18ClN3O. The van der Waals surface area contributed by atoms with Crippen LogP contribution in [0.4, 0.5) is 0 Å². The molecule has 2 aromatic rings.